The zero-order valence-corrected chi connectivity index (χ0v) is 12.4. The Morgan fingerprint density at radius 3 is 2.86 bits per heavy atom. The fraction of sp³-hybridized carbons (Fsp3) is 0.167. The first-order valence-electron chi connectivity index (χ1n) is 5.70. The average molecular weight is 356 g/mol. The summed E-state index contributed by atoms with van der Waals surface area (Å²) in [5.74, 6) is 0.328. The topological polar surface area (TPSA) is 107 Å². The fourth-order valence-corrected chi connectivity index (χ4v) is 2.18. The molecule has 110 valence electrons. The lowest BCUT2D eigenvalue weighted by Gasteiger charge is -2.07. The van der Waals surface area contributed by atoms with Crippen molar-refractivity contribution < 1.29 is 14.4 Å². The Hall–Kier alpha value is -2.42. The van der Waals surface area contributed by atoms with Gasteiger partial charge in [-0.15, -0.1) is 0 Å². The first-order chi connectivity index (χ1) is 10.0. The van der Waals surface area contributed by atoms with Crippen LogP contribution in [0.15, 0.2) is 33.8 Å². The number of H-pyrrole nitrogens is 1. The monoisotopic (exact) mass is 355 g/mol. The molecular formula is C12H10BrN3O5. The van der Waals surface area contributed by atoms with Crippen LogP contribution in [0.3, 0.4) is 0 Å². The summed E-state index contributed by atoms with van der Waals surface area (Å²) in [5.41, 5.74) is -0.843. The van der Waals surface area contributed by atoms with Crippen LogP contribution in [0.1, 0.15) is 5.56 Å². The van der Waals surface area contributed by atoms with Gasteiger partial charge >= 0.3 is 17.1 Å². The van der Waals surface area contributed by atoms with Gasteiger partial charge in [0.1, 0.15) is 12.4 Å². The molecule has 0 saturated heterocycles. The predicted molar refractivity (Wildman–Crippen MR) is 76.5 cm³/mol. The van der Waals surface area contributed by atoms with Crippen molar-refractivity contribution in [2.45, 2.75) is 6.61 Å². The van der Waals surface area contributed by atoms with Gasteiger partial charge in [-0.25, -0.2) is 0 Å². The molecule has 0 saturated carbocycles. The lowest BCUT2D eigenvalue weighted by Crippen LogP contribution is -2.14. The number of rotatable bonds is 5. The third-order valence-electron chi connectivity index (χ3n) is 2.57. The van der Waals surface area contributed by atoms with Gasteiger partial charge in [-0.3, -0.25) is 14.9 Å². The van der Waals surface area contributed by atoms with E-state index in [1.54, 1.807) is 25.3 Å². The van der Waals surface area contributed by atoms with E-state index in [0.717, 1.165) is 16.4 Å². The van der Waals surface area contributed by atoms with Crippen LogP contribution in [0, 0.1) is 10.1 Å². The standard InChI is InChI=1S/C12H10BrN3O5/c1-20-9-3-2-7(4-8(9)13)5-21-12-10(16(18)19)11(17)14-6-15-12/h2-4,6H,5H2,1H3,(H,14,15,17). The zero-order valence-electron chi connectivity index (χ0n) is 10.8. The number of aromatic nitrogens is 2. The van der Waals surface area contributed by atoms with Gasteiger partial charge < -0.3 is 14.5 Å². The van der Waals surface area contributed by atoms with E-state index >= 15 is 0 Å². The predicted octanol–water partition coefficient (Wildman–Crippen LogP) is 2.03. The van der Waals surface area contributed by atoms with Gasteiger partial charge in [0.05, 0.1) is 22.8 Å². The van der Waals surface area contributed by atoms with Crippen molar-refractivity contribution in [2.75, 3.05) is 7.11 Å². The number of nitrogens with zero attached hydrogens (tertiary/aromatic N) is 2. The van der Waals surface area contributed by atoms with Crippen molar-refractivity contribution >= 4 is 21.6 Å². The van der Waals surface area contributed by atoms with Crippen molar-refractivity contribution in [1.82, 2.24) is 9.97 Å². The molecule has 0 fully saturated rings. The van der Waals surface area contributed by atoms with Gasteiger partial charge in [0.2, 0.25) is 0 Å². The first kappa shape index (κ1) is 15.0. The van der Waals surface area contributed by atoms with Crippen LogP contribution in [0.25, 0.3) is 0 Å². The number of aromatic amines is 1. The number of hydrogen-bond acceptors (Lipinski definition) is 6. The maximum atomic E-state index is 11.4. The molecule has 1 N–H and O–H groups in total. The third kappa shape index (κ3) is 3.37. The molecule has 2 rings (SSSR count). The van der Waals surface area contributed by atoms with E-state index in [0.29, 0.717) is 5.75 Å². The summed E-state index contributed by atoms with van der Waals surface area (Å²) >= 11 is 3.32. The highest BCUT2D eigenvalue weighted by atomic mass is 79.9. The van der Waals surface area contributed by atoms with E-state index in [1.807, 2.05) is 0 Å². The van der Waals surface area contributed by atoms with Gasteiger partial charge in [-0.1, -0.05) is 6.07 Å². The van der Waals surface area contributed by atoms with Gasteiger partial charge in [-0.2, -0.15) is 4.98 Å². The van der Waals surface area contributed by atoms with Gasteiger partial charge in [0.15, 0.2) is 0 Å². The van der Waals surface area contributed by atoms with E-state index in [-0.39, 0.29) is 12.5 Å². The number of halogens is 1. The van der Waals surface area contributed by atoms with Crippen LogP contribution in [-0.4, -0.2) is 22.0 Å². The van der Waals surface area contributed by atoms with Crippen LogP contribution in [0.2, 0.25) is 0 Å². The minimum atomic E-state index is -0.860. The average Bonchev–Trinajstić information content (AvgIpc) is 2.44. The second kappa shape index (κ2) is 6.35. The summed E-state index contributed by atoms with van der Waals surface area (Å²) < 4.78 is 11.1. The van der Waals surface area contributed by atoms with E-state index in [9.17, 15) is 14.9 Å². The number of benzene rings is 1. The van der Waals surface area contributed by atoms with E-state index in [2.05, 4.69) is 25.9 Å². The molecule has 0 aliphatic heterocycles. The Morgan fingerprint density at radius 2 is 2.24 bits per heavy atom. The zero-order chi connectivity index (χ0) is 15.4. The largest absolute Gasteiger partial charge is 0.496 e. The number of nitro groups is 1. The van der Waals surface area contributed by atoms with Crippen LogP contribution in [0.4, 0.5) is 5.69 Å². The lowest BCUT2D eigenvalue weighted by molar-refractivity contribution is -0.387. The maximum Gasteiger partial charge on any atom is 0.395 e. The molecule has 21 heavy (non-hydrogen) atoms. The summed E-state index contributed by atoms with van der Waals surface area (Å²) in [7, 11) is 1.54. The highest BCUT2D eigenvalue weighted by Gasteiger charge is 2.22. The molecular weight excluding hydrogens is 346 g/mol. The Balaban J connectivity index is 2.21. The first-order valence-corrected chi connectivity index (χ1v) is 6.49. The molecule has 0 amide bonds. The van der Waals surface area contributed by atoms with Gasteiger partial charge in [0.25, 0.3) is 0 Å². The molecule has 0 atom stereocenters. The summed E-state index contributed by atoms with van der Waals surface area (Å²) in [4.78, 5) is 27.2. The molecule has 9 heteroatoms. The molecule has 1 aromatic carbocycles. The van der Waals surface area contributed by atoms with Crippen LogP contribution in [-0.2, 0) is 6.61 Å². The summed E-state index contributed by atoms with van der Waals surface area (Å²) in [5, 5.41) is 10.8. The quantitative estimate of drug-likeness (QED) is 0.649. The minimum Gasteiger partial charge on any atom is -0.496 e. The van der Waals surface area contributed by atoms with Crippen LogP contribution < -0.4 is 15.0 Å². The van der Waals surface area contributed by atoms with Crippen molar-refractivity contribution in [2.24, 2.45) is 0 Å². The molecule has 2 aromatic rings. The number of nitrogens with one attached hydrogen (secondary N) is 1. The Labute approximate surface area is 127 Å². The van der Waals surface area contributed by atoms with Crippen molar-refractivity contribution in [3.63, 3.8) is 0 Å². The highest BCUT2D eigenvalue weighted by molar-refractivity contribution is 9.10. The van der Waals surface area contributed by atoms with E-state index in [4.69, 9.17) is 9.47 Å². The Bertz CT molecular complexity index is 731. The molecule has 0 radical (unpaired) electrons. The number of hydrogen-bond donors (Lipinski definition) is 1. The van der Waals surface area contributed by atoms with Crippen LogP contribution in [0.5, 0.6) is 11.6 Å². The van der Waals surface area contributed by atoms with E-state index in [1.165, 1.54) is 0 Å². The minimum absolute atomic E-state index is 0.0277. The van der Waals surface area contributed by atoms with Gasteiger partial charge in [-0.05, 0) is 33.6 Å². The SMILES string of the molecule is COc1ccc(COc2nc[nH]c(=O)c2[N+](=O)[O-])cc1Br. The molecule has 1 aromatic heterocycles. The molecule has 1 heterocycles. The smallest absolute Gasteiger partial charge is 0.395 e. The van der Waals surface area contributed by atoms with Crippen molar-refractivity contribution in [1.29, 1.82) is 0 Å². The van der Waals surface area contributed by atoms with Crippen LogP contribution >= 0.6 is 15.9 Å². The van der Waals surface area contributed by atoms with Crippen molar-refractivity contribution in [3.05, 3.63) is 55.0 Å². The Kier molecular flexibility index (Phi) is 4.53. The second-order valence-electron chi connectivity index (χ2n) is 3.90. The molecule has 0 aliphatic rings. The maximum absolute atomic E-state index is 11.4. The van der Waals surface area contributed by atoms with Crippen molar-refractivity contribution in [3.8, 4) is 11.6 Å². The molecule has 0 unspecified atom stereocenters. The van der Waals surface area contributed by atoms with Gasteiger partial charge in [0, 0.05) is 0 Å². The molecule has 0 bridgehead atoms. The summed E-state index contributed by atoms with van der Waals surface area (Å²) in [6.07, 6.45) is 1.05. The molecule has 8 nitrogen and oxygen atoms in total. The highest BCUT2D eigenvalue weighted by Crippen LogP contribution is 2.26. The second-order valence-corrected chi connectivity index (χ2v) is 4.75. The normalized spacial score (nSPS) is 10.2. The van der Waals surface area contributed by atoms with E-state index < -0.39 is 16.2 Å². The number of ether oxygens (including phenoxy) is 2. The lowest BCUT2D eigenvalue weighted by atomic mass is 10.2. The molecule has 0 spiro atoms. The molecule has 0 aliphatic carbocycles. The fourth-order valence-electron chi connectivity index (χ4n) is 1.59. The summed E-state index contributed by atoms with van der Waals surface area (Å²) in [6.45, 7) is 0.0277. The summed E-state index contributed by atoms with van der Waals surface area (Å²) in [6, 6.07) is 5.21. The Morgan fingerprint density at radius 1 is 1.48 bits per heavy atom. The third-order valence-corrected chi connectivity index (χ3v) is 3.19. The number of methoxy groups -OCH3 is 1.